The first kappa shape index (κ1) is 24.6. The van der Waals surface area contributed by atoms with Gasteiger partial charge in [-0.3, -0.25) is 24.2 Å². The average Bonchev–Trinajstić information content (AvgIpc) is 2.83. The first-order valence-electron chi connectivity index (χ1n) is 11.8. The molecule has 11 nitrogen and oxygen atoms in total. The van der Waals surface area contributed by atoms with Crippen molar-refractivity contribution in [1.82, 2.24) is 4.98 Å². The fraction of sp³-hybridized carbons (Fsp3) is 0.346. The summed E-state index contributed by atoms with van der Waals surface area (Å²) in [5.41, 5.74) is 3.66. The summed E-state index contributed by atoms with van der Waals surface area (Å²) < 4.78 is 0. The number of anilines is 1. The van der Waals surface area contributed by atoms with Crippen LogP contribution in [-0.4, -0.2) is 60.5 Å². The van der Waals surface area contributed by atoms with Gasteiger partial charge in [0.25, 0.3) is 0 Å². The summed E-state index contributed by atoms with van der Waals surface area (Å²) in [5.74, 6) is -8.52. The number of primary amides is 1. The maximum Gasteiger partial charge on any atom is 0.230 e. The second-order valence-corrected chi connectivity index (χ2v) is 9.81. The molecular formula is C26H25N3O8. The molecule has 3 aliphatic rings. The minimum atomic E-state index is -2.66. The van der Waals surface area contributed by atoms with Gasteiger partial charge < -0.3 is 31.5 Å². The molecule has 7 N–H and O–H groups in total. The van der Waals surface area contributed by atoms with Gasteiger partial charge in [-0.15, -0.1) is 0 Å². The number of nitrogens with one attached hydrogen (secondary N) is 1. The van der Waals surface area contributed by atoms with E-state index in [1.165, 1.54) is 13.0 Å². The van der Waals surface area contributed by atoms with Gasteiger partial charge in [0, 0.05) is 30.2 Å². The number of nitrogens with two attached hydrogens (primary N) is 1. The van der Waals surface area contributed by atoms with Crippen molar-refractivity contribution in [3.63, 3.8) is 0 Å². The van der Waals surface area contributed by atoms with Gasteiger partial charge in [0.05, 0.1) is 23.0 Å². The molecule has 1 aromatic heterocycles. The second-order valence-electron chi connectivity index (χ2n) is 9.81. The van der Waals surface area contributed by atoms with Gasteiger partial charge in [-0.2, -0.15) is 0 Å². The van der Waals surface area contributed by atoms with Crippen LogP contribution in [0, 0.1) is 17.8 Å². The van der Waals surface area contributed by atoms with Gasteiger partial charge in [0.1, 0.15) is 17.4 Å². The van der Waals surface area contributed by atoms with E-state index in [9.17, 15) is 39.6 Å². The lowest BCUT2D eigenvalue weighted by molar-refractivity contribution is -0.174. The Hall–Kier alpha value is -4.09. The van der Waals surface area contributed by atoms with Crippen LogP contribution in [0.3, 0.4) is 0 Å². The third-order valence-electron chi connectivity index (χ3n) is 7.64. The van der Waals surface area contributed by atoms with Crippen LogP contribution in [0.4, 0.5) is 5.69 Å². The van der Waals surface area contributed by atoms with Gasteiger partial charge in [0.2, 0.25) is 17.6 Å². The lowest BCUT2D eigenvalue weighted by atomic mass is 9.56. The summed E-state index contributed by atoms with van der Waals surface area (Å²) in [7, 11) is 0. The Kier molecular flexibility index (Phi) is 5.65. The summed E-state index contributed by atoms with van der Waals surface area (Å²) in [6.45, 7) is 1.24. The molecule has 0 bridgehead atoms. The minimum Gasteiger partial charge on any atom is -0.507 e. The Morgan fingerprint density at radius 2 is 1.92 bits per heavy atom. The highest BCUT2D eigenvalue weighted by Crippen LogP contribution is 2.53. The third-order valence-corrected chi connectivity index (χ3v) is 7.64. The number of carbonyl (C=O) groups excluding carboxylic acids is 4. The smallest absolute Gasteiger partial charge is 0.230 e. The fourth-order valence-corrected chi connectivity index (χ4v) is 6.03. The van der Waals surface area contributed by atoms with E-state index in [0.717, 1.165) is 0 Å². The van der Waals surface area contributed by atoms with E-state index in [-0.39, 0.29) is 36.1 Å². The number of Topliss-reactive ketones (excluding diaryl/α,β-unsaturated/α-hetero) is 2. The zero-order chi connectivity index (χ0) is 26.8. The Morgan fingerprint density at radius 1 is 1.19 bits per heavy atom. The number of fused-ring (bicyclic) bond motifs is 3. The fourth-order valence-electron chi connectivity index (χ4n) is 6.03. The molecule has 0 aliphatic heterocycles. The average molecular weight is 507 g/mol. The van der Waals surface area contributed by atoms with E-state index in [1.807, 2.05) is 0 Å². The molecule has 5 rings (SSSR count). The number of carbonyl (C=O) groups is 4. The number of pyridine rings is 1. The number of amides is 2. The molecule has 0 saturated heterocycles. The summed E-state index contributed by atoms with van der Waals surface area (Å²) in [6.07, 6.45) is 0.0808. The zero-order valence-electron chi connectivity index (χ0n) is 19.8. The largest absolute Gasteiger partial charge is 0.507 e. The molecule has 1 heterocycles. The molecule has 5 atom stereocenters. The Labute approximate surface area is 210 Å². The number of benzene rings is 1. The van der Waals surface area contributed by atoms with Gasteiger partial charge in [-0.25, -0.2) is 0 Å². The number of aromatic nitrogens is 1. The number of rotatable bonds is 3. The molecule has 2 fully saturated rings. The number of hydrogen-bond acceptors (Lipinski definition) is 9. The van der Waals surface area contributed by atoms with E-state index in [0.29, 0.717) is 16.8 Å². The Morgan fingerprint density at radius 3 is 2.54 bits per heavy atom. The van der Waals surface area contributed by atoms with Gasteiger partial charge in [0.15, 0.2) is 11.4 Å². The van der Waals surface area contributed by atoms with Crippen molar-refractivity contribution >= 4 is 34.8 Å². The molecule has 0 spiro atoms. The number of hydrogen-bond donors (Lipinski definition) is 6. The summed E-state index contributed by atoms with van der Waals surface area (Å²) in [5, 5.41) is 46.7. The third kappa shape index (κ3) is 3.53. The standard InChI is InChI=1S/C26H25N3O8/c1-10(30)29-16-9-13(15-4-2-3-5-28-15)14-7-11-6-12-8-17(31)20(25(27)36)24(35)26(12,37)23(34)18(11)22(33)19(14)21(16)32/h2-5,9,11-12,17,20,31-33,37H,6-8H2,1H3,(H2,27,36)(H,29,30)/t11-,12+,17?,20?,26+/m1/s1. The van der Waals surface area contributed by atoms with Crippen molar-refractivity contribution in [2.45, 2.75) is 37.9 Å². The van der Waals surface area contributed by atoms with E-state index >= 15 is 0 Å². The quantitative estimate of drug-likeness (QED) is 0.254. The lowest BCUT2D eigenvalue weighted by Gasteiger charge is -2.48. The number of aliphatic hydroxyl groups excluding tert-OH is 2. The van der Waals surface area contributed by atoms with Gasteiger partial charge >= 0.3 is 0 Å². The first-order valence-corrected chi connectivity index (χ1v) is 11.8. The number of nitrogens with zero attached hydrogens (tertiary/aromatic N) is 1. The van der Waals surface area contributed by atoms with Crippen LogP contribution in [0.2, 0.25) is 0 Å². The molecule has 2 amide bonds. The lowest BCUT2D eigenvalue weighted by Crippen LogP contribution is -2.66. The van der Waals surface area contributed by atoms with Crippen molar-refractivity contribution in [3.8, 4) is 17.0 Å². The van der Waals surface area contributed by atoms with E-state index in [4.69, 9.17) is 5.73 Å². The first-order chi connectivity index (χ1) is 17.5. The highest BCUT2D eigenvalue weighted by atomic mass is 16.3. The van der Waals surface area contributed by atoms with Crippen molar-refractivity contribution in [3.05, 3.63) is 47.2 Å². The summed E-state index contributed by atoms with van der Waals surface area (Å²) in [6, 6.07) is 6.71. The summed E-state index contributed by atoms with van der Waals surface area (Å²) >= 11 is 0. The van der Waals surface area contributed by atoms with Crippen LogP contribution in [0.5, 0.6) is 5.75 Å². The maximum absolute atomic E-state index is 13.7. The molecule has 2 unspecified atom stereocenters. The highest BCUT2D eigenvalue weighted by molar-refractivity contribution is 6.24. The number of phenolic OH excluding ortho intramolecular Hbond substituents is 1. The number of ketones is 2. The summed E-state index contributed by atoms with van der Waals surface area (Å²) in [4.78, 5) is 54.8. The predicted octanol–water partition coefficient (Wildman–Crippen LogP) is 0.609. The van der Waals surface area contributed by atoms with Crippen molar-refractivity contribution in [2.24, 2.45) is 23.5 Å². The number of aromatic hydroxyl groups is 1. The SMILES string of the molecule is CC(=O)Nc1cc(-c2ccccn2)c2c(c1O)C(O)=C1C(=O)[C@]3(O)C(=O)C(C(N)=O)C(O)C[C@@H]3C[C@@H]1C2. The molecule has 3 aliphatic carbocycles. The molecule has 192 valence electrons. The molecule has 11 heteroatoms. The van der Waals surface area contributed by atoms with Crippen LogP contribution < -0.4 is 11.1 Å². The Balaban J connectivity index is 1.72. The molecule has 0 radical (unpaired) electrons. The normalized spacial score (nSPS) is 28.7. The number of aliphatic hydroxyl groups is 3. The second kappa shape index (κ2) is 8.49. The highest BCUT2D eigenvalue weighted by Gasteiger charge is 2.64. The zero-order valence-corrected chi connectivity index (χ0v) is 19.8. The van der Waals surface area contributed by atoms with Crippen molar-refractivity contribution in [1.29, 1.82) is 0 Å². The van der Waals surface area contributed by atoms with E-state index < -0.39 is 64.3 Å². The van der Waals surface area contributed by atoms with Crippen LogP contribution in [-0.2, 0) is 25.6 Å². The monoisotopic (exact) mass is 507 g/mol. The van der Waals surface area contributed by atoms with Crippen LogP contribution in [0.1, 0.15) is 30.9 Å². The van der Waals surface area contributed by atoms with Crippen LogP contribution in [0.25, 0.3) is 17.0 Å². The minimum absolute atomic E-state index is 0.0250. The number of phenols is 1. The molecule has 2 saturated carbocycles. The molecular weight excluding hydrogens is 482 g/mol. The van der Waals surface area contributed by atoms with E-state index in [2.05, 4.69) is 10.3 Å². The molecule has 37 heavy (non-hydrogen) atoms. The molecule has 1 aromatic carbocycles. The van der Waals surface area contributed by atoms with Crippen molar-refractivity contribution in [2.75, 3.05) is 5.32 Å². The maximum atomic E-state index is 13.7. The van der Waals surface area contributed by atoms with Crippen molar-refractivity contribution < 1.29 is 39.6 Å². The topological polar surface area (TPSA) is 200 Å². The van der Waals surface area contributed by atoms with Crippen LogP contribution in [0.15, 0.2) is 36.0 Å². The predicted molar refractivity (Wildman–Crippen MR) is 129 cm³/mol. The van der Waals surface area contributed by atoms with Gasteiger partial charge in [-0.05, 0) is 48.9 Å². The Bertz CT molecular complexity index is 1400. The van der Waals surface area contributed by atoms with E-state index in [1.54, 1.807) is 24.4 Å². The molecule has 2 aromatic rings. The van der Waals surface area contributed by atoms with Crippen LogP contribution >= 0.6 is 0 Å². The van der Waals surface area contributed by atoms with Gasteiger partial charge in [-0.1, -0.05) is 6.07 Å².